The van der Waals surface area contributed by atoms with Gasteiger partial charge in [0, 0.05) is 5.69 Å². The van der Waals surface area contributed by atoms with Crippen LogP contribution in [0, 0.1) is 0 Å². The molecule has 128 valence electrons. The normalized spacial score (nSPS) is 10.5. The van der Waals surface area contributed by atoms with Crippen LogP contribution < -0.4 is 14.8 Å². The van der Waals surface area contributed by atoms with Crippen molar-refractivity contribution in [2.45, 2.75) is 39.7 Å². The molecule has 2 aromatic rings. The Hall–Kier alpha value is -2.49. The Balaban J connectivity index is 2.02. The summed E-state index contributed by atoms with van der Waals surface area (Å²) in [6, 6.07) is 14.7. The number of ether oxygens (including phenoxy) is 2. The largest absolute Gasteiger partial charge is 0.494 e. The zero-order valence-corrected chi connectivity index (χ0v) is 14.5. The first kappa shape index (κ1) is 17.9. The lowest BCUT2D eigenvalue weighted by molar-refractivity contribution is 0.102. The summed E-state index contributed by atoms with van der Waals surface area (Å²) in [6.45, 7) is 6.71. The number of rotatable bonds is 8. The third-order valence-corrected chi connectivity index (χ3v) is 3.37. The minimum atomic E-state index is -0.189. The molecule has 4 nitrogen and oxygen atoms in total. The Morgan fingerprint density at radius 2 is 1.79 bits per heavy atom. The molecule has 0 bridgehead atoms. The third kappa shape index (κ3) is 5.30. The van der Waals surface area contributed by atoms with Gasteiger partial charge in [0.05, 0.1) is 18.3 Å². The minimum Gasteiger partial charge on any atom is -0.494 e. The summed E-state index contributed by atoms with van der Waals surface area (Å²) >= 11 is 0. The van der Waals surface area contributed by atoms with Crippen molar-refractivity contribution in [1.29, 1.82) is 0 Å². The Morgan fingerprint density at radius 3 is 2.46 bits per heavy atom. The molecule has 0 saturated carbocycles. The van der Waals surface area contributed by atoms with E-state index in [9.17, 15) is 4.79 Å². The van der Waals surface area contributed by atoms with Gasteiger partial charge in [0.25, 0.3) is 5.91 Å². The van der Waals surface area contributed by atoms with Gasteiger partial charge in [0.15, 0.2) is 0 Å². The second-order valence-corrected chi connectivity index (χ2v) is 5.84. The fourth-order valence-electron chi connectivity index (χ4n) is 2.18. The SMILES string of the molecule is CCCCOc1ccc(NC(=O)c2ccccc2OC(C)C)cc1. The van der Waals surface area contributed by atoms with E-state index >= 15 is 0 Å². The standard InChI is InChI=1S/C20H25NO3/c1-4-5-14-23-17-12-10-16(11-13-17)21-20(22)18-8-6-7-9-19(18)24-15(2)3/h6-13,15H,4-5,14H2,1-3H3,(H,21,22). The molecule has 0 fully saturated rings. The van der Waals surface area contributed by atoms with Crippen LogP contribution in [0.15, 0.2) is 48.5 Å². The zero-order valence-electron chi connectivity index (χ0n) is 14.5. The number of benzene rings is 2. The van der Waals surface area contributed by atoms with Gasteiger partial charge in [0.1, 0.15) is 11.5 Å². The highest BCUT2D eigenvalue weighted by atomic mass is 16.5. The molecule has 2 aromatic carbocycles. The number of hydrogen-bond acceptors (Lipinski definition) is 3. The van der Waals surface area contributed by atoms with Crippen LogP contribution in [0.4, 0.5) is 5.69 Å². The van der Waals surface area contributed by atoms with Crippen LogP contribution in [0.2, 0.25) is 0 Å². The van der Waals surface area contributed by atoms with Crippen LogP contribution >= 0.6 is 0 Å². The second kappa shape index (κ2) is 8.96. The molecule has 2 rings (SSSR count). The average molecular weight is 327 g/mol. The number of carbonyl (C=O) groups excluding carboxylic acids is 1. The highest BCUT2D eigenvalue weighted by molar-refractivity contribution is 6.06. The predicted octanol–water partition coefficient (Wildman–Crippen LogP) is 4.91. The fraction of sp³-hybridized carbons (Fsp3) is 0.350. The summed E-state index contributed by atoms with van der Waals surface area (Å²) in [5.74, 6) is 1.21. The van der Waals surface area contributed by atoms with Gasteiger partial charge in [0.2, 0.25) is 0 Å². The molecule has 0 unspecified atom stereocenters. The lowest BCUT2D eigenvalue weighted by Gasteiger charge is -2.14. The first-order chi connectivity index (χ1) is 11.6. The third-order valence-electron chi connectivity index (χ3n) is 3.37. The van der Waals surface area contributed by atoms with Crippen LogP contribution in [0.25, 0.3) is 0 Å². The lowest BCUT2D eigenvalue weighted by Crippen LogP contribution is -2.15. The Bertz CT molecular complexity index is 650. The second-order valence-electron chi connectivity index (χ2n) is 5.84. The van der Waals surface area contributed by atoms with Crippen LogP contribution in [-0.2, 0) is 0 Å². The van der Waals surface area contributed by atoms with Crippen LogP contribution in [0.3, 0.4) is 0 Å². The number of amides is 1. The van der Waals surface area contributed by atoms with E-state index in [4.69, 9.17) is 9.47 Å². The Kier molecular flexibility index (Phi) is 6.67. The highest BCUT2D eigenvalue weighted by Gasteiger charge is 2.13. The summed E-state index contributed by atoms with van der Waals surface area (Å²) in [7, 11) is 0. The van der Waals surface area contributed by atoms with Crippen molar-refractivity contribution < 1.29 is 14.3 Å². The highest BCUT2D eigenvalue weighted by Crippen LogP contribution is 2.22. The molecular weight excluding hydrogens is 302 g/mol. The molecule has 1 amide bonds. The van der Waals surface area contributed by atoms with Gasteiger partial charge in [-0.1, -0.05) is 25.5 Å². The zero-order chi connectivity index (χ0) is 17.4. The van der Waals surface area contributed by atoms with E-state index in [2.05, 4.69) is 12.2 Å². The summed E-state index contributed by atoms with van der Waals surface area (Å²) in [6.07, 6.45) is 2.15. The molecular formula is C20H25NO3. The molecule has 0 heterocycles. The molecule has 0 saturated heterocycles. The van der Waals surface area contributed by atoms with E-state index in [1.165, 1.54) is 0 Å². The topological polar surface area (TPSA) is 47.6 Å². The maximum atomic E-state index is 12.5. The fourth-order valence-corrected chi connectivity index (χ4v) is 2.18. The molecule has 4 heteroatoms. The van der Waals surface area contributed by atoms with Crippen LogP contribution in [-0.4, -0.2) is 18.6 Å². The first-order valence-electron chi connectivity index (χ1n) is 8.40. The molecule has 0 atom stereocenters. The van der Waals surface area contributed by atoms with Crippen molar-refractivity contribution in [3.8, 4) is 11.5 Å². The summed E-state index contributed by atoms with van der Waals surface area (Å²) in [5, 5.41) is 2.89. The van der Waals surface area contributed by atoms with Gasteiger partial charge in [-0.3, -0.25) is 4.79 Å². The molecule has 24 heavy (non-hydrogen) atoms. The minimum absolute atomic E-state index is 0.0125. The van der Waals surface area contributed by atoms with E-state index in [0.29, 0.717) is 17.9 Å². The van der Waals surface area contributed by atoms with Gasteiger partial charge in [-0.2, -0.15) is 0 Å². The lowest BCUT2D eigenvalue weighted by atomic mass is 10.1. The smallest absolute Gasteiger partial charge is 0.259 e. The molecule has 0 spiro atoms. The maximum Gasteiger partial charge on any atom is 0.259 e. The average Bonchev–Trinajstić information content (AvgIpc) is 2.56. The van der Waals surface area contributed by atoms with E-state index < -0.39 is 0 Å². The quantitative estimate of drug-likeness (QED) is 0.701. The van der Waals surface area contributed by atoms with Gasteiger partial charge < -0.3 is 14.8 Å². The molecule has 0 aliphatic carbocycles. The number of para-hydroxylation sites is 1. The van der Waals surface area contributed by atoms with Crippen molar-refractivity contribution >= 4 is 11.6 Å². The number of anilines is 1. The summed E-state index contributed by atoms with van der Waals surface area (Å²) < 4.78 is 11.3. The first-order valence-corrected chi connectivity index (χ1v) is 8.40. The van der Waals surface area contributed by atoms with Crippen LogP contribution in [0.1, 0.15) is 44.0 Å². The number of unbranched alkanes of at least 4 members (excludes halogenated alkanes) is 1. The Labute approximate surface area is 143 Å². The molecule has 0 aliphatic heterocycles. The maximum absolute atomic E-state index is 12.5. The van der Waals surface area contributed by atoms with Gasteiger partial charge in [-0.15, -0.1) is 0 Å². The molecule has 0 aliphatic rings. The predicted molar refractivity (Wildman–Crippen MR) is 97.0 cm³/mol. The molecule has 1 N–H and O–H groups in total. The van der Waals surface area contributed by atoms with Gasteiger partial charge in [-0.05, 0) is 56.7 Å². The van der Waals surface area contributed by atoms with Crippen molar-refractivity contribution in [3.05, 3.63) is 54.1 Å². The molecule has 0 aromatic heterocycles. The molecule has 0 radical (unpaired) electrons. The van der Waals surface area contributed by atoms with Crippen LogP contribution in [0.5, 0.6) is 11.5 Å². The van der Waals surface area contributed by atoms with E-state index in [1.807, 2.05) is 50.2 Å². The number of nitrogens with one attached hydrogen (secondary N) is 1. The van der Waals surface area contributed by atoms with Crippen molar-refractivity contribution in [2.75, 3.05) is 11.9 Å². The van der Waals surface area contributed by atoms with Crippen molar-refractivity contribution in [2.24, 2.45) is 0 Å². The van der Waals surface area contributed by atoms with Crippen molar-refractivity contribution in [1.82, 2.24) is 0 Å². The Morgan fingerprint density at radius 1 is 1.08 bits per heavy atom. The summed E-state index contributed by atoms with van der Waals surface area (Å²) in [4.78, 5) is 12.5. The van der Waals surface area contributed by atoms with E-state index in [-0.39, 0.29) is 12.0 Å². The van der Waals surface area contributed by atoms with Crippen molar-refractivity contribution in [3.63, 3.8) is 0 Å². The summed E-state index contributed by atoms with van der Waals surface area (Å²) in [5.41, 5.74) is 1.25. The number of hydrogen-bond donors (Lipinski definition) is 1. The van der Waals surface area contributed by atoms with Gasteiger partial charge in [-0.25, -0.2) is 0 Å². The number of carbonyl (C=O) groups is 1. The van der Waals surface area contributed by atoms with E-state index in [1.54, 1.807) is 12.1 Å². The van der Waals surface area contributed by atoms with E-state index in [0.717, 1.165) is 24.3 Å². The monoisotopic (exact) mass is 327 g/mol. The van der Waals surface area contributed by atoms with Gasteiger partial charge >= 0.3 is 0 Å².